The first kappa shape index (κ1) is 14.8. The first-order chi connectivity index (χ1) is 10.2. The van der Waals surface area contributed by atoms with E-state index in [9.17, 15) is 4.79 Å². The molecule has 2 aromatic rings. The predicted molar refractivity (Wildman–Crippen MR) is 77.8 cm³/mol. The van der Waals surface area contributed by atoms with Crippen LogP contribution in [0.1, 0.15) is 23.4 Å². The molecule has 110 valence electrons. The maximum absolute atomic E-state index is 12.0. The largest absolute Gasteiger partial charge is 0.497 e. The van der Waals surface area contributed by atoms with Crippen LogP contribution >= 0.6 is 0 Å². The van der Waals surface area contributed by atoms with E-state index in [1.165, 1.54) is 4.68 Å². The third-order valence-electron chi connectivity index (χ3n) is 2.75. The zero-order valence-electron chi connectivity index (χ0n) is 12.1. The lowest BCUT2D eigenvalue weighted by molar-refractivity contribution is 0.0508. The van der Waals surface area contributed by atoms with Crippen LogP contribution < -0.4 is 4.74 Å². The Morgan fingerprint density at radius 1 is 1.38 bits per heavy atom. The van der Waals surface area contributed by atoms with Gasteiger partial charge in [0.1, 0.15) is 5.75 Å². The number of nitrogens with zero attached hydrogens (tertiary/aromatic N) is 3. The maximum Gasteiger partial charge on any atom is 0.376 e. The standard InChI is InChI=1S/C15H17N3O3/c1-4-6-13-16-14(15(19)21-5-2)18(17-13)11-7-9-12(20-3)10-8-11/h4,7-10H,1,5-6H2,2-3H3. The number of carbonyl (C=O) groups excluding carboxylic acids is 1. The second-order valence-corrected chi connectivity index (χ2v) is 4.17. The minimum Gasteiger partial charge on any atom is -0.497 e. The van der Waals surface area contributed by atoms with Crippen molar-refractivity contribution in [3.8, 4) is 11.4 Å². The molecule has 0 aliphatic carbocycles. The molecule has 0 unspecified atom stereocenters. The molecular weight excluding hydrogens is 270 g/mol. The van der Waals surface area contributed by atoms with Crippen LogP contribution in [0, 0.1) is 0 Å². The van der Waals surface area contributed by atoms with Crippen LogP contribution in [0.15, 0.2) is 36.9 Å². The summed E-state index contributed by atoms with van der Waals surface area (Å²) < 4.78 is 11.6. The van der Waals surface area contributed by atoms with E-state index in [2.05, 4.69) is 16.7 Å². The van der Waals surface area contributed by atoms with E-state index < -0.39 is 5.97 Å². The summed E-state index contributed by atoms with van der Waals surface area (Å²) in [5, 5.41) is 4.32. The lowest BCUT2D eigenvalue weighted by atomic mass is 10.3. The first-order valence-electron chi connectivity index (χ1n) is 6.58. The fourth-order valence-corrected chi connectivity index (χ4v) is 1.80. The number of methoxy groups -OCH3 is 1. The Balaban J connectivity index is 2.43. The van der Waals surface area contributed by atoms with Crippen molar-refractivity contribution in [2.45, 2.75) is 13.3 Å². The third kappa shape index (κ3) is 3.28. The molecule has 21 heavy (non-hydrogen) atoms. The molecule has 1 aromatic carbocycles. The summed E-state index contributed by atoms with van der Waals surface area (Å²) >= 11 is 0. The van der Waals surface area contributed by atoms with E-state index >= 15 is 0 Å². The second kappa shape index (κ2) is 6.69. The number of carbonyl (C=O) groups is 1. The van der Waals surface area contributed by atoms with Gasteiger partial charge in [-0.2, -0.15) is 5.10 Å². The van der Waals surface area contributed by atoms with Gasteiger partial charge in [0.25, 0.3) is 0 Å². The topological polar surface area (TPSA) is 66.2 Å². The van der Waals surface area contributed by atoms with Gasteiger partial charge >= 0.3 is 5.97 Å². The van der Waals surface area contributed by atoms with Gasteiger partial charge in [0.2, 0.25) is 5.82 Å². The van der Waals surface area contributed by atoms with Crippen LogP contribution in [-0.2, 0) is 11.2 Å². The van der Waals surface area contributed by atoms with Crippen molar-refractivity contribution in [2.24, 2.45) is 0 Å². The van der Waals surface area contributed by atoms with Gasteiger partial charge in [-0.1, -0.05) is 6.08 Å². The van der Waals surface area contributed by atoms with Gasteiger partial charge in [-0.05, 0) is 31.2 Å². The Labute approximate surface area is 123 Å². The van der Waals surface area contributed by atoms with Crippen molar-refractivity contribution < 1.29 is 14.3 Å². The molecule has 0 bridgehead atoms. The van der Waals surface area contributed by atoms with Crippen LogP contribution in [0.5, 0.6) is 5.75 Å². The van der Waals surface area contributed by atoms with Gasteiger partial charge in [-0.3, -0.25) is 0 Å². The molecule has 1 aromatic heterocycles. The molecule has 0 saturated heterocycles. The Morgan fingerprint density at radius 3 is 2.67 bits per heavy atom. The molecule has 6 heteroatoms. The summed E-state index contributed by atoms with van der Waals surface area (Å²) in [6, 6.07) is 7.18. The second-order valence-electron chi connectivity index (χ2n) is 4.17. The van der Waals surface area contributed by atoms with Crippen LogP contribution in [0.25, 0.3) is 5.69 Å². The molecule has 0 aliphatic rings. The summed E-state index contributed by atoms with van der Waals surface area (Å²) in [5.74, 6) is 0.890. The van der Waals surface area contributed by atoms with E-state index in [4.69, 9.17) is 9.47 Å². The lowest BCUT2D eigenvalue weighted by Gasteiger charge is -2.06. The first-order valence-corrected chi connectivity index (χ1v) is 6.58. The molecule has 0 spiro atoms. The van der Waals surface area contributed by atoms with Crippen LogP contribution in [0.2, 0.25) is 0 Å². The van der Waals surface area contributed by atoms with Crippen LogP contribution in [0.3, 0.4) is 0 Å². The summed E-state index contributed by atoms with van der Waals surface area (Å²) in [7, 11) is 1.59. The average Bonchev–Trinajstić information content (AvgIpc) is 2.92. The van der Waals surface area contributed by atoms with Crippen molar-refractivity contribution >= 4 is 5.97 Å². The van der Waals surface area contributed by atoms with Gasteiger partial charge < -0.3 is 9.47 Å². The normalized spacial score (nSPS) is 10.2. The summed E-state index contributed by atoms with van der Waals surface area (Å²) in [5.41, 5.74) is 0.710. The van der Waals surface area contributed by atoms with E-state index in [0.717, 1.165) is 5.75 Å². The highest BCUT2D eigenvalue weighted by molar-refractivity contribution is 5.86. The fourth-order valence-electron chi connectivity index (χ4n) is 1.80. The molecule has 2 rings (SSSR count). The Hall–Kier alpha value is -2.63. The molecule has 0 radical (unpaired) electrons. The Morgan fingerprint density at radius 2 is 2.10 bits per heavy atom. The number of ether oxygens (including phenoxy) is 2. The van der Waals surface area contributed by atoms with Crippen LogP contribution in [-0.4, -0.2) is 34.5 Å². The number of allylic oxidation sites excluding steroid dienone is 1. The monoisotopic (exact) mass is 287 g/mol. The van der Waals surface area contributed by atoms with Crippen LogP contribution in [0.4, 0.5) is 0 Å². The SMILES string of the molecule is C=CCc1nc(C(=O)OCC)n(-c2ccc(OC)cc2)n1. The minimum atomic E-state index is -0.504. The predicted octanol–water partition coefficient (Wildman–Crippen LogP) is 2.18. The lowest BCUT2D eigenvalue weighted by Crippen LogP contribution is -2.13. The van der Waals surface area contributed by atoms with Crippen molar-refractivity contribution in [3.05, 3.63) is 48.6 Å². The zero-order chi connectivity index (χ0) is 15.2. The molecule has 0 N–H and O–H groups in total. The summed E-state index contributed by atoms with van der Waals surface area (Å²) in [4.78, 5) is 16.2. The van der Waals surface area contributed by atoms with E-state index in [-0.39, 0.29) is 12.4 Å². The third-order valence-corrected chi connectivity index (χ3v) is 2.75. The van der Waals surface area contributed by atoms with Crippen molar-refractivity contribution in [3.63, 3.8) is 0 Å². The number of rotatable bonds is 6. The molecule has 6 nitrogen and oxygen atoms in total. The molecule has 0 saturated carbocycles. The number of hydrogen-bond donors (Lipinski definition) is 0. The Kier molecular flexibility index (Phi) is 4.71. The van der Waals surface area contributed by atoms with Crippen molar-refractivity contribution in [2.75, 3.05) is 13.7 Å². The average molecular weight is 287 g/mol. The maximum atomic E-state index is 12.0. The summed E-state index contributed by atoms with van der Waals surface area (Å²) in [6.07, 6.45) is 2.16. The molecule has 0 fully saturated rings. The number of esters is 1. The Bertz CT molecular complexity index is 632. The zero-order valence-corrected chi connectivity index (χ0v) is 12.1. The molecule has 1 heterocycles. The molecule has 0 aliphatic heterocycles. The highest BCUT2D eigenvalue weighted by Gasteiger charge is 2.19. The number of benzene rings is 1. The van der Waals surface area contributed by atoms with Gasteiger partial charge in [0.05, 0.1) is 19.4 Å². The molecular formula is C15H17N3O3. The van der Waals surface area contributed by atoms with E-state index in [0.29, 0.717) is 17.9 Å². The van der Waals surface area contributed by atoms with E-state index in [1.54, 1.807) is 44.4 Å². The van der Waals surface area contributed by atoms with Gasteiger partial charge in [0.15, 0.2) is 5.82 Å². The van der Waals surface area contributed by atoms with Gasteiger partial charge in [-0.25, -0.2) is 14.5 Å². The highest BCUT2D eigenvalue weighted by atomic mass is 16.5. The van der Waals surface area contributed by atoms with Crippen molar-refractivity contribution in [1.82, 2.24) is 14.8 Å². The van der Waals surface area contributed by atoms with E-state index in [1.807, 2.05) is 0 Å². The minimum absolute atomic E-state index is 0.152. The van der Waals surface area contributed by atoms with Gasteiger partial charge in [0, 0.05) is 6.42 Å². The van der Waals surface area contributed by atoms with Crippen molar-refractivity contribution in [1.29, 1.82) is 0 Å². The highest BCUT2D eigenvalue weighted by Crippen LogP contribution is 2.16. The summed E-state index contributed by atoms with van der Waals surface area (Å²) in [6.45, 7) is 5.68. The smallest absolute Gasteiger partial charge is 0.376 e. The number of aromatic nitrogens is 3. The number of hydrogen-bond acceptors (Lipinski definition) is 5. The fraction of sp³-hybridized carbons (Fsp3) is 0.267. The molecule has 0 atom stereocenters. The van der Waals surface area contributed by atoms with Gasteiger partial charge in [-0.15, -0.1) is 6.58 Å². The quantitative estimate of drug-likeness (QED) is 0.602. The molecule has 0 amide bonds.